The van der Waals surface area contributed by atoms with Crippen molar-refractivity contribution in [2.45, 2.75) is 39.2 Å². The van der Waals surface area contributed by atoms with Gasteiger partial charge in [0.05, 0.1) is 20.3 Å². The number of ether oxygens (including phenoxy) is 2. The molecule has 0 aromatic heterocycles. The molecule has 0 bridgehead atoms. The van der Waals surface area contributed by atoms with Crippen LogP contribution in [0.5, 0.6) is 11.5 Å². The van der Waals surface area contributed by atoms with E-state index in [-0.39, 0.29) is 23.8 Å². The Labute approximate surface area is 143 Å². The largest absolute Gasteiger partial charge is 0.493 e. The SMILES string of the molecule is CCC(CC)C(=O)N[C@H]1CC(=O)N(c2ccc(OC)c(OC)c2)C1. The van der Waals surface area contributed by atoms with Crippen molar-refractivity contribution in [3.63, 3.8) is 0 Å². The minimum Gasteiger partial charge on any atom is -0.493 e. The summed E-state index contributed by atoms with van der Waals surface area (Å²) in [6.07, 6.45) is 1.94. The number of nitrogens with zero attached hydrogens (tertiary/aromatic N) is 1. The van der Waals surface area contributed by atoms with E-state index in [2.05, 4.69) is 5.32 Å². The molecule has 0 radical (unpaired) electrons. The minimum absolute atomic E-state index is 0.00272. The second-order valence-electron chi connectivity index (χ2n) is 5.97. The Morgan fingerprint density at radius 1 is 1.25 bits per heavy atom. The van der Waals surface area contributed by atoms with Crippen LogP contribution in [0.25, 0.3) is 0 Å². The second kappa shape index (κ2) is 8.04. The zero-order valence-corrected chi connectivity index (χ0v) is 14.8. The number of carbonyl (C=O) groups excluding carboxylic acids is 2. The lowest BCUT2D eigenvalue weighted by molar-refractivity contribution is -0.125. The van der Waals surface area contributed by atoms with E-state index < -0.39 is 0 Å². The predicted octanol–water partition coefficient (Wildman–Crippen LogP) is 2.36. The van der Waals surface area contributed by atoms with Crippen molar-refractivity contribution < 1.29 is 19.1 Å². The third-order valence-corrected chi connectivity index (χ3v) is 4.51. The maximum Gasteiger partial charge on any atom is 0.229 e. The highest BCUT2D eigenvalue weighted by Crippen LogP contribution is 2.33. The quantitative estimate of drug-likeness (QED) is 0.831. The van der Waals surface area contributed by atoms with Crippen molar-refractivity contribution in [2.24, 2.45) is 5.92 Å². The van der Waals surface area contributed by atoms with Gasteiger partial charge < -0.3 is 19.7 Å². The molecular weight excluding hydrogens is 308 g/mol. The number of benzene rings is 1. The van der Waals surface area contributed by atoms with Crippen molar-refractivity contribution in [3.8, 4) is 11.5 Å². The molecule has 1 aromatic rings. The van der Waals surface area contributed by atoms with Crippen molar-refractivity contribution in [2.75, 3.05) is 25.7 Å². The number of rotatable bonds is 7. The van der Waals surface area contributed by atoms with Gasteiger partial charge in [-0.15, -0.1) is 0 Å². The number of amides is 2. The lowest BCUT2D eigenvalue weighted by Gasteiger charge is -2.20. The molecule has 132 valence electrons. The van der Waals surface area contributed by atoms with Crippen LogP contribution in [-0.4, -0.2) is 38.6 Å². The van der Waals surface area contributed by atoms with Gasteiger partial charge in [0, 0.05) is 30.6 Å². The van der Waals surface area contributed by atoms with E-state index >= 15 is 0 Å². The van der Waals surface area contributed by atoms with Crippen LogP contribution in [-0.2, 0) is 9.59 Å². The van der Waals surface area contributed by atoms with Crippen LogP contribution in [0.2, 0.25) is 0 Å². The van der Waals surface area contributed by atoms with Crippen LogP contribution in [0.15, 0.2) is 18.2 Å². The van der Waals surface area contributed by atoms with Gasteiger partial charge in [0.15, 0.2) is 11.5 Å². The molecular formula is C18H26N2O4. The molecule has 2 rings (SSSR count). The fourth-order valence-corrected chi connectivity index (χ4v) is 3.03. The van der Waals surface area contributed by atoms with E-state index in [9.17, 15) is 9.59 Å². The Balaban J connectivity index is 2.08. The number of hydrogen-bond donors (Lipinski definition) is 1. The van der Waals surface area contributed by atoms with Gasteiger partial charge in [-0.05, 0) is 25.0 Å². The molecule has 24 heavy (non-hydrogen) atoms. The molecule has 1 fully saturated rings. The number of hydrogen-bond acceptors (Lipinski definition) is 4. The van der Waals surface area contributed by atoms with Crippen LogP contribution in [0.4, 0.5) is 5.69 Å². The Kier molecular flexibility index (Phi) is 6.06. The molecule has 1 atom stereocenters. The fraction of sp³-hybridized carbons (Fsp3) is 0.556. The summed E-state index contributed by atoms with van der Waals surface area (Å²) in [7, 11) is 3.13. The third kappa shape index (κ3) is 3.80. The summed E-state index contributed by atoms with van der Waals surface area (Å²) in [5.74, 6) is 1.23. The average molecular weight is 334 g/mol. The van der Waals surface area contributed by atoms with Crippen molar-refractivity contribution in [3.05, 3.63) is 18.2 Å². The lowest BCUT2D eigenvalue weighted by atomic mass is 10.0. The third-order valence-electron chi connectivity index (χ3n) is 4.51. The van der Waals surface area contributed by atoms with E-state index in [0.717, 1.165) is 18.5 Å². The molecule has 1 aliphatic heterocycles. The summed E-state index contributed by atoms with van der Waals surface area (Å²) in [5.41, 5.74) is 0.747. The van der Waals surface area contributed by atoms with Gasteiger partial charge in [0.25, 0.3) is 0 Å². The fourth-order valence-electron chi connectivity index (χ4n) is 3.03. The standard InChI is InChI=1S/C18H26N2O4/c1-5-12(6-2)18(22)19-13-9-17(21)20(11-13)14-7-8-15(23-3)16(10-14)24-4/h7-8,10,12-13H,5-6,9,11H2,1-4H3,(H,19,22)/t13-/m0/s1. The highest BCUT2D eigenvalue weighted by molar-refractivity contribution is 5.97. The number of anilines is 1. The van der Waals surface area contributed by atoms with Crippen LogP contribution in [0.3, 0.4) is 0 Å². The van der Waals surface area contributed by atoms with E-state index in [1.165, 1.54) is 0 Å². The molecule has 0 aliphatic carbocycles. The zero-order chi connectivity index (χ0) is 17.7. The minimum atomic E-state index is -0.154. The van der Waals surface area contributed by atoms with Gasteiger partial charge in [-0.3, -0.25) is 9.59 Å². The molecule has 6 nitrogen and oxygen atoms in total. The first-order valence-corrected chi connectivity index (χ1v) is 8.36. The van der Waals surface area contributed by atoms with E-state index in [1.807, 2.05) is 19.9 Å². The average Bonchev–Trinajstić information content (AvgIpc) is 2.95. The molecule has 1 saturated heterocycles. The zero-order valence-electron chi connectivity index (χ0n) is 14.8. The summed E-state index contributed by atoms with van der Waals surface area (Å²) >= 11 is 0. The van der Waals surface area contributed by atoms with E-state index in [0.29, 0.717) is 24.5 Å². The molecule has 6 heteroatoms. The summed E-state index contributed by atoms with van der Waals surface area (Å²) < 4.78 is 10.5. The van der Waals surface area contributed by atoms with Crippen LogP contribution < -0.4 is 19.7 Å². The Hall–Kier alpha value is -2.24. The Morgan fingerprint density at radius 2 is 1.92 bits per heavy atom. The highest BCUT2D eigenvalue weighted by Gasteiger charge is 2.32. The number of nitrogens with one attached hydrogen (secondary N) is 1. The van der Waals surface area contributed by atoms with E-state index in [1.54, 1.807) is 31.3 Å². The molecule has 1 aliphatic rings. The molecule has 0 saturated carbocycles. The number of carbonyl (C=O) groups is 2. The lowest BCUT2D eigenvalue weighted by Crippen LogP contribution is -2.40. The summed E-state index contributed by atoms with van der Waals surface area (Å²) in [5, 5.41) is 3.00. The van der Waals surface area contributed by atoms with Crippen LogP contribution in [0.1, 0.15) is 33.1 Å². The molecule has 1 N–H and O–H groups in total. The van der Waals surface area contributed by atoms with Crippen LogP contribution >= 0.6 is 0 Å². The van der Waals surface area contributed by atoms with Gasteiger partial charge in [0.1, 0.15) is 0 Å². The topological polar surface area (TPSA) is 67.9 Å². The smallest absolute Gasteiger partial charge is 0.229 e. The van der Waals surface area contributed by atoms with Gasteiger partial charge in [-0.1, -0.05) is 13.8 Å². The predicted molar refractivity (Wildman–Crippen MR) is 92.5 cm³/mol. The monoisotopic (exact) mass is 334 g/mol. The molecule has 0 unspecified atom stereocenters. The van der Waals surface area contributed by atoms with Crippen molar-refractivity contribution in [1.29, 1.82) is 0 Å². The Morgan fingerprint density at radius 3 is 2.50 bits per heavy atom. The summed E-state index contributed by atoms with van der Waals surface area (Å²) in [6, 6.07) is 5.22. The first-order valence-electron chi connectivity index (χ1n) is 8.36. The normalized spacial score (nSPS) is 17.3. The van der Waals surface area contributed by atoms with E-state index in [4.69, 9.17) is 9.47 Å². The molecule has 2 amide bonds. The maximum atomic E-state index is 12.3. The van der Waals surface area contributed by atoms with Crippen molar-refractivity contribution in [1.82, 2.24) is 5.32 Å². The molecule has 1 aromatic carbocycles. The van der Waals surface area contributed by atoms with Crippen molar-refractivity contribution >= 4 is 17.5 Å². The summed E-state index contributed by atoms with van der Waals surface area (Å²) in [4.78, 5) is 26.2. The summed E-state index contributed by atoms with van der Waals surface area (Å²) in [6.45, 7) is 4.48. The maximum absolute atomic E-state index is 12.3. The van der Waals surface area contributed by atoms with Gasteiger partial charge in [-0.2, -0.15) is 0 Å². The van der Waals surface area contributed by atoms with Gasteiger partial charge in [-0.25, -0.2) is 0 Å². The molecule has 1 heterocycles. The number of methoxy groups -OCH3 is 2. The molecule has 0 spiro atoms. The van der Waals surface area contributed by atoms with Gasteiger partial charge in [0.2, 0.25) is 11.8 Å². The Bertz CT molecular complexity index is 599. The first-order chi connectivity index (χ1) is 11.5. The van der Waals surface area contributed by atoms with Gasteiger partial charge >= 0.3 is 0 Å². The highest BCUT2D eigenvalue weighted by atomic mass is 16.5. The van der Waals surface area contributed by atoms with Crippen LogP contribution in [0, 0.1) is 5.92 Å². The second-order valence-corrected chi connectivity index (χ2v) is 5.97. The first kappa shape index (κ1) is 18.1.